The van der Waals surface area contributed by atoms with Gasteiger partial charge in [-0.1, -0.05) is 0 Å². The van der Waals surface area contributed by atoms with Gasteiger partial charge in [0.15, 0.2) is 0 Å². The summed E-state index contributed by atoms with van der Waals surface area (Å²) in [5.41, 5.74) is 2.85. The van der Waals surface area contributed by atoms with E-state index in [2.05, 4.69) is 0 Å². The predicted octanol–water partition coefficient (Wildman–Crippen LogP) is 5.86. The average Bonchev–Trinajstić information content (AvgIpc) is 2.99. The Hall–Kier alpha value is -4.86. The first-order valence-corrected chi connectivity index (χ1v) is 14.0. The molecule has 0 bridgehead atoms. The van der Waals surface area contributed by atoms with Gasteiger partial charge in [-0.3, -0.25) is 0 Å². The molecule has 10 heteroatoms. The number of esters is 4. The third-order valence-electron chi connectivity index (χ3n) is 5.87. The van der Waals surface area contributed by atoms with Gasteiger partial charge in [0, 0.05) is 6.07 Å². The van der Waals surface area contributed by atoms with Crippen LogP contribution in [0.2, 0.25) is 0 Å². The number of benzene rings is 3. The van der Waals surface area contributed by atoms with Gasteiger partial charge < -0.3 is 28.4 Å². The Bertz CT molecular complexity index is 1280. The highest BCUT2D eigenvalue weighted by Gasteiger charge is 2.17. The van der Waals surface area contributed by atoms with Crippen molar-refractivity contribution in [2.75, 3.05) is 26.4 Å². The maximum atomic E-state index is 12.4. The molecule has 0 aliphatic rings. The van der Waals surface area contributed by atoms with Crippen molar-refractivity contribution in [3.8, 4) is 11.5 Å². The molecular formula is C33H36O10. The van der Waals surface area contributed by atoms with Crippen LogP contribution in [0.4, 0.5) is 0 Å². The summed E-state index contributed by atoms with van der Waals surface area (Å²) in [5, 5.41) is 0. The lowest BCUT2D eigenvalue weighted by atomic mass is 10.1. The van der Waals surface area contributed by atoms with Gasteiger partial charge in [0.2, 0.25) is 0 Å². The molecule has 10 nitrogen and oxygen atoms in total. The third kappa shape index (κ3) is 9.59. The van der Waals surface area contributed by atoms with Crippen molar-refractivity contribution in [2.45, 2.75) is 47.8 Å². The standard InChI is InChI=1S/C33H36O10/c1-6-38-30(34)24-12-22(13-25(16-24)31(35)39-7-2)19-42-28-10-21(5)11-29(18-28)43-20-23-14-26(32(36)40-8-3)17-27(15-23)33(37)41-9-4/h10-18H,6-9,19-20H2,1-5H3. The Labute approximate surface area is 250 Å². The fourth-order valence-electron chi connectivity index (χ4n) is 4.09. The lowest BCUT2D eigenvalue weighted by molar-refractivity contribution is 0.0505. The molecule has 0 atom stereocenters. The average molecular weight is 593 g/mol. The van der Waals surface area contributed by atoms with E-state index in [9.17, 15) is 19.2 Å². The Kier molecular flexibility index (Phi) is 12.1. The van der Waals surface area contributed by atoms with Crippen molar-refractivity contribution < 1.29 is 47.6 Å². The number of aryl methyl sites for hydroxylation is 1. The normalized spacial score (nSPS) is 10.4. The smallest absolute Gasteiger partial charge is 0.338 e. The van der Waals surface area contributed by atoms with Crippen LogP contribution in [-0.4, -0.2) is 50.3 Å². The van der Waals surface area contributed by atoms with E-state index in [4.69, 9.17) is 28.4 Å². The van der Waals surface area contributed by atoms with Crippen LogP contribution in [0.5, 0.6) is 11.5 Å². The lowest BCUT2D eigenvalue weighted by Crippen LogP contribution is -2.11. The van der Waals surface area contributed by atoms with Gasteiger partial charge in [-0.05, 0) is 99.8 Å². The number of rotatable bonds is 14. The fraction of sp³-hybridized carbons (Fsp3) is 0.333. The van der Waals surface area contributed by atoms with Crippen LogP contribution in [-0.2, 0) is 32.2 Å². The van der Waals surface area contributed by atoms with Crippen LogP contribution in [0.3, 0.4) is 0 Å². The number of hydrogen-bond donors (Lipinski definition) is 0. The van der Waals surface area contributed by atoms with E-state index in [1.54, 1.807) is 58.0 Å². The molecule has 0 saturated carbocycles. The number of hydrogen-bond acceptors (Lipinski definition) is 10. The molecule has 3 rings (SSSR count). The molecule has 3 aromatic carbocycles. The summed E-state index contributed by atoms with van der Waals surface area (Å²) in [7, 11) is 0. The highest BCUT2D eigenvalue weighted by Crippen LogP contribution is 2.25. The lowest BCUT2D eigenvalue weighted by Gasteiger charge is -2.14. The van der Waals surface area contributed by atoms with Crippen molar-refractivity contribution in [1.82, 2.24) is 0 Å². The zero-order valence-corrected chi connectivity index (χ0v) is 25.0. The molecule has 0 amide bonds. The maximum absolute atomic E-state index is 12.4. The molecular weight excluding hydrogens is 556 g/mol. The summed E-state index contributed by atoms with van der Waals surface area (Å²) in [4.78, 5) is 49.5. The molecule has 0 aliphatic carbocycles. The topological polar surface area (TPSA) is 124 Å². The van der Waals surface area contributed by atoms with E-state index < -0.39 is 23.9 Å². The number of carbonyl (C=O) groups excluding carboxylic acids is 4. The summed E-state index contributed by atoms with van der Waals surface area (Å²) in [6.07, 6.45) is 0. The van der Waals surface area contributed by atoms with Gasteiger partial charge in [0.25, 0.3) is 0 Å². The van der Waals surface area contributed by atoms with Crippen LogP contribution in [0.15, 0.2) is 54.6 Å². The molecule has 3 aromatic rings. The van der Waals surface area contributed by atoms with E-state index in [0.29, 0.717) is 22.6 Å². The largest absolute Gasteiger partial charge is 0.489 e. The second-order valence-corrected chi connectivity index (χ2v) is 9.28. The molecule has 0 fully saturated rings. The van der Waals surface area contributed by atoms with Gasteiger partial charge in [0.05, 0.1) is 48.7 Å². The zero-order chi connectivity index (χ0) is 31.4. The van der Waals surface area contributed by atoms with Gasteiger partial charge in [0.1, 0.15) is 24.7 Å². The summed E-state index contributed by atoms with van der Waals surface area (Å²) in [6, 6.07) is 14.6. The Morgan fingerprint density at radius 1 is 0.465 bits per heavy atom. The van der Waals surface area contributed by atoms with Crippen molar-refractivity contribution in [2.24, 2.45) is 0 Å². The SMILES string of the molecule is CCOC(=O)c1cc(COc2cc(C)cc(OCc3cc(C(=O)OCC)cc(C(=O)OCC)c3)c2)cc(C(=O)OCC)c1. The summed E-state index contributed by atoms with van der Waals surface area (Å²) < 4.78 is 32.4. The minimum Gasteiger partial charge on any atom is -0.489 e. The first kappa shape index (κ1) is 32.7. The molecule has 0 heterocycles. The first-order valence-electron chi connectivity index (χ1n) is 14.0. The zero-order valence-electron chi connectivity index (χ0n) is 25.0. The fourth-order valence-corrected chi connectivity index (χ4v) is 4.09. The monoisotopic (exact) mass is 592 g/mol. The minimum atomic E-state index is -0.556. The van der Waals surface area contributed by atoms with Gasteiger partial charge >= 0.3 is 23.9 Å². The molecule has 0 saturated heterocycles. The maximum Gasteiger partial charge on any atom is 0.338 e. The second kappa shape index (κ2) is 16.0. The van der Waals surface area contributed by atoms with E-state index >= 15 is 0 Å². The van der Waals surface area contributed by atoms with Crippen LogP contribution < -0.4 is 9.47 Å². The van der Waals surface area contributed by atoms with Crippen LogP contribution >= 0.6 is 0 Å². The highest BCUT2D eigenvalue weighted by atomic mass is 16.5. The third-order valence-corrected chi connectivity index (χ3v) is 5.87. The van der Waals surface area contributed by atoms with E-state index in [1.165, 1.54) is 12.1 Å². The molecule has 228 valence electrons. The molecule has 43 heavy (non-hydrogen) atoms. The van der Waals surface area contributed by atoms with Crippen LogP contribution in [0.1, 0.15) is 85.8 Å². The molecule has 0 unspecified atom stereocenters. The van der Waals surface area contributed by atoms with Gasteiger partial charge in [-0.2, -0.15) is 0 Å². The number of ether oxygens (including phenoxy) is 6. The van der Waals surface area contributed by atoms with Crippen molar-refractivity contribution >= 4 is 23.9 Å². The van der Waals surface area contributed by atoms with Crippen LogP contribution in [0.25, 0.3) is 0 Å². The quantitative estimate of drug-likeness (QED) is 0.166. The van der Waals surface area contributed by atoms with Gasteiger partial charge in [-0.25, -0.2) is 19.2 Å². The second-order valence-electron chi connectivity index (χ2n) is 9.28. The molecule has 0 spiro atoms. The predicted molar refractivity (Wildman–Crippen MR) is 157 cm³/mol. The summed E-state index contributed by atoms with van der Waals surface area (Å²) in [5.74, 6) is -1.25. The first-order chi connectivity index (χ1) is 20.7. The molecule has 0 aromatic heterocycles. The van der Waals surface area contributed by atoms with E-state index in [1.807, 2.05) is 19.1 Å². The van der Waals surface area contributed by atoms with Crippen LogP contribution in [0, 0.1) is 6.92 Å². The minimum absolute atomic E-state index is 0.0486. The Morgan fingerprint density at radius 3 is 1.05 bits per heavy atom. The Balaban J connectivity index is 1.80. The van der Waals surface area contributed by atoms with Crippen molar-refractivity contribution in [3.63, 3.8) is 0 Å². The van der Waals surface area contributed by atoms with E-state index in [0.717, 1.165) is 5.56 Å². The number of carbonyl (C=O) groups is 4. The highest BCUT2D eigenvalue weighted by molar-refractivity contribution is 5.96. The molecule has 0 radical (unpaired) electrons. The molecule has 0 aliphatic heterocycles. The van der Waals surface area contributed by atoms with Crippen molar-refractivity contribution in [1.29, 1.82) is 0 Å². The molecule has 0 N–H and O–H groups in total. The van der Waals surface area contributed by atoms with Gasteiger partial charge in [-0.15, -0.1) is 0 Å². The van der Waals surface area contributed by atoms with Crippen molar-refractivity contribution in [3.05, 3.63) is 93.5 Å². The summed E-state index contributed by atoms with van der Waals surface area (Å²) in [6.45, 7) is 9.54. The van der Waals surface area contributed by atoms with E-state index in [-0.39, 0.29) is 61.9 Å². The Morgan fingerprint density at radius 2 is 0.767 bits per heavy atom. The summed E-state index contributed by atoms with van der Waals surface area (Å²) >= 11 is 0.